The highest BCUT2D eigenvalue weighted by Gasteiger charge is 2.06. The summed E-state index contributed by atoms with van der Waals surface area (Å²) in [6, 6.07) is 18.8. The van der Waals surface area contributed by atoms with Crippen molar-refractivity contribution in [2.75, 3.05) is 18.4 Å². The summed E-state index contributed by atoms with van der Waals surface area (Å²) in [6.45, 7) is 4.03. The first-order valence-corrected chi connectivity index (χ1v) is 7.45. The van der Waals surface area contributed by atoms with Crippen LogP contribution in [-0.4, -0.2) is 13.1 Å². The lowest BCUT2D eigenvalue weighted by atomic mass is 10.0. The Hall–Kier alpha value is -1.51. The molecule has 0 amide bonds. The van der Waals surface area contributed by atoms with Gasteiger partial charge in [0.15, 0.2) is 0 Å². The molecule has 2 nitrogen and oxygen atoms in total. The number of nitrogens with one attached hydrogen (secondary N) is 2. The molecule has 1 atom stereocenters. The number of hydrogen-bond acceptors (Lipinski definition) is 2. The Bertz CT molecular complexity index is 496. The first-order chi connectivity index (χ1) is 9.79. The molecule has 0 fully saturated rings. The summed E-state index contributed by atoms with van der Waals surface area (Å²) in [6.07, 6.45) is 1.09. The third kappa shape index (κ3) is 4.55. The molecule has 2 N–H and O–H groups in total. The van der Waals surface area contributed by atoms with Crippen molar-refractivity contribution in [2.45, 2.75) is 19.4 Å². The van der Waals surface area contributed by atoms with E-state index in [4.69, 9.17) is 11.6 Å². The van der Waals surface area contributed by atoms with E-state index in [9.17, 15) is 0 Å². The van der Waals surface area contributed by atoms with Gasteiger partial charge in [-0.25, -0.2) is 0 Å². The number of halogens is 1. The predicted molar refractivity (Wildman–Crippen MR) is 87.4 cm³/mol. The van der Waals surface area contributed by atoms with Crippen LogP contribution in [0, 0.1) is 0 Å². The highest BCUT2D eigenvalue weighted by atomic mass is 35.5. The van der Waals surface area contributed by atoms with Crippen molar-refractivity contribution in [3.05, 3.63) is 65.2 Å². The molecule has 0 aliphatic rings. The fourth-order valence-electron chi connectivity index (χ4n) is 2.20. The molecule has 2 aromatic rings. The number of anilines is 1. The van der Waals surface area contributed by atoms with Gasteiger partial charge in [-0.1, -0.05) is 48.9 Å². The number of benzene rings is 2. The smallest absolute Gasteiger partial charge is 0.0407 e. The normalized spacial score (nSPS) is 12.1. The Labute approximate surface area is 126 Å². The van der Waals surface area contributed by atoms with Crippen LogP contribution in [0.5, 0.6) is 0 Å². The molecule has 0 saturated carbocycles. The van der Waals surface area contributed by atoms with E-state index in [1.54, 1.807) is 0 Å². The molecule has 0 heterocycles. The SMILES string of the molecule is CCC(NCCNc1ccc(Cl)cc1)c1ccccc1. The van der Waals surface area contributed by atoms with Crippen molar-refractivity contribution in [1.82, 2.24) is 5.32 Å². The Morgan fingerprint density at radius 2 is 1.65 bits per heavy atom. The van der Waals surface area contributed by atoms with Crippen molar-refractivity contribution < 1.29 is 0 Å². The lowest BCUT2D eigenvalue weighted by Gasteiger charge is -2.17. The third-order valence-electron chi connectivity index (χ3n) is 3.30. The number of hydrogen-bond donors (Lipinski definition) is 2. The van der Waals surface area contributed by atoms with Gasteiger partial charge < -0.3 is 10.6 Å². The zero-order chi connectivity index (χ0) is 14.2. The van der Waals surface area contributed by atoms with Crippen LogP contribution in [-0.2, 0) is 0 Å². The molecule has 2 rings (SSSR count). The van der Waals surface area contributed by atoms with Crippen LogP contribution in [0.2, 0.25) is 5.02 Å². The van der Waals surface area contributed by atoms with E-state index >= 15 is 0 Å². The van der Waals surface area contributed by atoms with Gasteiger partial charge in [-0.2, -0.15) is 0 Å². The van der Waals surface area contributed by atoms with Crippen molar-refractivity contribution >= 4 is 17.3 Å². The Morgan fingerprint density at radius 3 is 2.30 bits per heavy atom. The van der Waals surface area contributed by atoms with E-state index in [0.29, 0.717) is 6.04 Å². The molecule has 20 heavy (non-hydrogen) atoms. The fraction of sp³-hybridized carbons (Fsp3) is 0.294. The molecular weight excluding hydrogens is 268 g/mol. The van der Waals surface area contributed by atoms with Crippen LogP contribution < -0.4 is 10.6 Å². The van der Waals surface area contributed by atoms with Crippen molar-refractivity contribution in [2.24, 2.45) is 0 Å². The van der Waals surface area contributed by atoms with E-state index in [0.717, 1.165) is 30.2 Å². The van der Waals surface area contributed by atoms with Crippen molar-refractivity contribution in [3.63, 3.8) is 0 Å². The molecule has 2 aromatic carbocycles. The van der Waals surface area contributed by atoms with Crippen molar-refractivity contribution in [1.29, 1.82) is 0 Å². The largest absolute Gasteiger partial charge is 0.384 e. The molecule has 1 unspecified atom stereocenters. The molecular formula is C17H21ClN2. The van der Waals surface area contributed by atoms with Gasteiger partial charge in [0, 0.05) is 29.8 Å². The van der Waals surface area contributed by atoms with Crippen LogP contribution in [0.4, 0.5) is 5.69 Å². The maximum Gasteiger partial charge on any atom is 0.0407 e. The van der Waals surface area contributed by atoms with Gasteiger partial charge in [0.1, 0.15) is 0 Å². The highest BCUT2D eigenvalue weighted by molar-refractivity contribution is 6.30. The average Bonchev–Trinajstić information content (AvgIpc) is 2.50. The van der Waals surface area contributed by atoms with Gasteiger partial charge in [-0.3, -0.25) is 0 Å². The molecule has 106 valence electrons. The third-order valence-corrected chi connectivity index (χ3v) is 3.55. The maximum atomic E-state index is 5.86. The van der Waals surface area contributed by atoms with Gasteiger partial charge in [-0.05, 0) is 36.2 Å². The van der Waals surface area contributed by atoms with E-state index in [2.05, 4.69) is 47.9 Å². The molecule has 0 radical (unpaired) electrons. The zero-order valence-electron chi connectivity index (χ0n) is 11.8. The molecule has 0 spiro atoms. The van der Waals surface area contributed by atoms with Crippen molar-refractivity contribution in [3.8, 4) is 0 Å². The molecule has 0 aromatic heterocycles. The van der Waals surface area contributed by atoms with E-state index in [1.807, 2.05) is 24.3 Å². The summed E-state index contributed by atoms with van der Waals surface area (Å²) in [5.74, 6) is 0. The van der Waals surface area contributed by atoms with Crippen LogP contribution in [0.1, 0.15) is 24.9 Å². The standard InChI is InChI=1S/C17H21ClN2/c1-2-17(14-6-4-3-5-7-14)20-13-12-19-16-10-8-15(18)9-11-16/h3-11,17,19-20H,2,12-13H2,1H3. The monoisotopic (exact) mass is 288 g/mol. The molecule has 0 aliphatic heterocycles. The quantitative estimate of drug-likeness (QED) is 0.734. The Kier molecular flexibility index (Phi) is 5.90. The maximum absolute atomic E-state index is 5.86. The van der Waals surface area contributed by atoms with E-state index < -0.39 is 0 Å². The average molecular weight is 289 g/mol. The Morgan fingerprint density at radius 1 is 0.950 bits per heavy atom. The summed E-state index contributed by atoms with van der Waals surface area (Å²) in [4.78, 5) is 0. The summed E-state index contributed by atoms with van der Waals surface area (Å²) in [5.41, 5.74) is 2.45. The second-order valence-electron chi connectivity index (χ2n) is 4.76. The predicted octanol–water partition coefficient (Wildman–Crippen LogP) is 4.49. The van der Waals surface area contributed by atoms with Crippen LogP contribution >= 0.6 is 11.6 Å². The first kappa shape index (κ1) is 14.9. The van der Waals surface area contributed by atoms with Gasteiger partial charge >= 0.3 is 0 Å². The second-order valence-corrected chi connectivity index (χ2v) is 5.20. The van der Waals surface area contributed by atoms with E-state index in [-0.39, 0.29) is 0 Å². The Balaban J connectivity index is 1.76. The summed E-state index contributed by atoms with van der Waals surface area (Å²) in [5, 5.41) is 7.73. The van der Waals surface area contributed by atoms with Gasteiger partial charge in [-0.15, -0.1) is 0 Å². The molecule has 0 aliphatic carbocycles. The van der Waals surface area contributed by atoms with Crippen LogP contribution in [0.3, 0.4) is 0 Å². The van der Waals surface area contributed by atoms with Gasteiger partial charge in [0.25, 0.3) is 0 Å². The van der Waals surface area contributed by atoms with E-state index in [1.165, 1.54) is 5.56 Å². The minimum atomic E-state index is 0.420. The lowest BCUT2D eigenvalue weighted by Crippen LogP contribution is -2.26. The van der Waals surface area contributed by atoms with Gasteiger partial charge in [0.05, 0.1) is 0 Å². The molecule has 3 heteroatoms. The minimum Gasteiger partial charge on any atom is -0.384 e. The van der Waals surface area contributed by atoms with Crippen LogP contribution in [0.25, 0.3) is 0 Å². The minimum absolute atomic E-state index is 0.420. The second kappa shape index (κ2) is 7.93. The topological polar surface area (TPSA) is 24.1 Å². The summed E-state index contributed by atoms with van der Waals surface area (Å²) < 4.78 is 0. The lowest BCUT2D eigenvalue weighted by molar-refractivity contribution is 0.531. The summed E-state index contributed by atoms with van der Waals surface area (Å²) in [7, 11) is 0. The highest BCUT2D eigenvalue weighted by Crippen LogP contribution is 2.16. The summed E-state index contributed by atoms with van der Waals surface area (Å²) >= 11 is 5.86. The fourth-order valence-corrected chi connectivity index (χ4v) is 2.33. The molecule has 0 saturated heterocycles. The van der Waals surface area contributed by atoms with Crippen LogP contribution in [0.15, 0.2) is 54.6 Å². The molecule has 0 bridgehead atoms. The zero-order valence-corrected chi connectivity index (χ0v) is 12.5. The number of rotatable bonds is 7. The van der Waals surface area contributed by atoms with Gasteiger partial charge in [0.2, 0.25) is 0 Å². The first-order valence-electron chi connectivity index (χ1n) is 7.07.